The lowest BCUT2D eigenvalue weighted by Gasteiger charge is -2.34. The predicted molar refractivity (Wildman–Crippen MR) is 99.8 cm³/mol. The van der Waals surface area contributed by atoms with Gasteiger partial charge in [-0.2, -0.15) is 13.2 Å². The summed E-state index contributed by atoms with van der Waals surface area (Å²) in [5.41, 5.74) is 8.34. The molecule has 2 amide bonds. The smallest absolute Gasteiger partial charge is 0.430 e. The van der Waals surface area contributed by atoms with Crippen LogP contribution < -0.4 is 15.7 Å². The normalized spacial score (nSPS) is 15.2. The number of hydrogen-bond acceptors (Lipinski definition) is 5. The van der Waals surface area contributed by atoms with E-state index in [1.54, 1.807) is 0 Å². The molecule has 1 aromatic carbocycles. The molecule has 3 N–H and O–H groups in total. The Morgan fingerprint density at radius 2 is 1.52 bits per heavy atom. The number of amides is 2. The fraction of sp³-hybridized carbons (Fsp3) is 0.556. The Morgan fingerprint density at radius 1 is 1.00 bits per heavy atom. The zero-order valence-electron chi connectivity index (χ0n) is 16.0. The third-order valence-corrected chi connectivity index (χ3v) is 4.07. The fourth-order valence-corrected chi connectivity index (χ4v) is 2.58. The van der Waals surface area contributed by atoms with Crippen LogP contribution in [0.25, 0.3) is 5.73 Å². The van der Waals surface area contributed by atoms with E-state index in [1.807, 2.05) is 0 Å². The van der Waals surface area contributed by atoms with Crippen molar-refractivity contribution in [2.45, 2.75) is 12.7 Å². The van der Waals surface area contributed by atoms with Gasteiger partial charge in [0, 0.05) is 52.4 Å². The molecular formula is C18H26F3N5O3-2. The quantitative estimate of drug-likeness (QED) is 0.669. The summed E-state index contributed by atoms with van der Waals surface area (Å²) in [6.07, 6.45) is -5.19. The largest absolute Gasteiger partial charge is 0.676 e. The molecule has 8 nitrogen and oxygen atoms in total. The lowest BCUT2D eigenvalue weighted by atomic mass is 10.2. The highest BCUT2D eigenvalue weighted by Gasteiger charge is 2.28. The molecule has 1 aliphatic heterocycles. The Kier molecular flexibility index (Phi) is 11.0. The minimum Gasteiger partial charge on any atom is -0.676 e. The standard InChI is InChI=1S/C16H26N5O.C2HF3O2/c17-6-7-18-16(22)19-8-9-20-10-12-21(13-11-20)14-15-4-2-1-3-5-15;3-2(4,5)1(6)7/h1-5,17H,6-14H2,(H2,18,19,22);(H,6,7)/q-1;/p-1. The van der Waals surface area contributed by atoms with Gasteiger partial charge >= 0.3 is 12.2 Å². The van der Waals surface area contributed by atoms with E-state index in [1.165, 1.54) is 5.56 Å². The highest BCUT2D eigenvalue weighted by atomic mass is 19.4. The summed E-state index contributed by atoms with van der Waals surface area (Å²) in [7, 11) is 0. The highest BCUT2D eigenvalue weighted by molar-refractivity contribution is 5.73. The second kappa shape index (κ2) is 13.0. The molecule has 0 bridgehead atoms. The number of halogens is 3. The molecule has 1 aromatic rings. The number of nitrogens with one attached hydrogen (secondary N) is 3. The number of carbonyl (C=O) groups excluding carboxylic acids is 2. The molecule has 0 unspecified atom stereocenters. The Hall–Kier alpha value is -2.37. The fourth-order valence-electron chi connectivity index (χ4n) is 2.58. The van der Waals surface area contributed by atoms with Crippen molar-refractivity contribution >= 4 is 12.0 Å². The number of piperazine rings is 1. The van der Waals surface area contributed by atoms with E-state index < -0.39 is 12.1 Å². The number of hydrogen-bond donors (Lipinski definition) is 2. The highest BCUT2D eigenvalue weighted by Crippen LogP contribution is 2.11. The summed E-state index contributed by atoms with van der Waals surface area (Å²) in [6, 6.07) is 10.4. The van der Waals surface area contributed by atoms with Crippen LogP contribution in [0.2, 0.25) is 0 Å². The molecule has 0 aromatic heterocycles. The number of carboxylic acids is 1. The minimum atomic E-state index is -5.19. The van der Waals surface area contributed by atoms with E-state index in [0.29, 0.717) is 13.1 Å². The molecule has 0 radical (unpaired) electrons. The van der Waals surface area contributed by atoms with Gasteiger partial charge in [-0.15, -0.1) is 6.54 Å². The molecule has 0 spiro atoms. The molecule has 2 rings (SSSR count). The number of alkyl halides is 3. The number of carbonyl (C=O) groups is 2. The minimum absolute atomic E-state index is 0.171. The summed E-state index contributed by atoms with van der Waals surface area (Å²) < 4.78 is 31.5. The molecule has 1 heterocycles. The van der Waals surface area contributed by atoms with Crippen LogP contribution in [0.3, 0.4) is 0 Å². The van der Waals surface area contributed by atoms with E-state index in [0.717, 1.165) is 39.3 Å². The van der Waals surface area contributed by atoms with Crippen LogP contribution in [-0.2, 0) is 11.3 Å². The topological polar surface area (TPSA) is 112 Å². The number of rotatable bonds is 7. The van der Waals surface area contributed by atoms with Gasteiger partial charge < -0.3 is 26.3 Å². The van der Waals surface area contributed by atoms with Crippen molar-refractivity contribution in [3.63, 3.8) is 0 Å². The summed E-state index contributed by atoms with van der Waals surface area (Å²) in [5, 5.41) is 14.3. The zero-order chi connectivity index (χ0) is 21.7. The van der Waals surface area contributed by atoms with Crippen molar-refractivity contribution in [2.24, 2.45) is 0 Å². The monoisotopic (exact) mass is 417 g/mol. The van der Waals surface area contributed by atoms with Crippen LogP contribution in [0.5, 0.6) is 0 Å². The average molecular weight is 417 g/mol. The van der Waals surface area contributed by atoms with Crippen molar-refractivity contribution < 1.29 is 27.9 Å². The molecule has 1 saturated heterocycles. The second-order valence-corrected chi connectivity index (χ2v) is 6.32. The first kappa shape index (κ1) is 24.7. The maximum absolute atomic E-state index is 11.4. The molecule has 11 heteroatoms. The van der Waals surface area contributed by atoms with Gasteiger partial charge in [-0.3, -0.25) is 9.80 Å². The first-order chi connectivity index (χ1) is 13.7. The SMILES string of the molecule is O=C([O-])C(F)(F)F.[NH-]CCNC(=O)NCCN1CCN(Cc2ccccc2)CC1. The van der Waals surface area contributed by atoms with Crippen molar-refractivity contribution in [2.75, 3.05) is 52.4 Å². The van der Waals surface area contributed by atoms with Crippen molar-refractivity contribution in [1.29, 1.82) is 0 Å². The van der Waals surface area contributed by atoms with Crippen molar-refractivity contribution in [1.82, 2.24) is 20.4 Å². The Morgan fingerprint density at radius 3 is 2.03 bits per heavy atom. The van der Waals surface area contributed by atoms with Crippen LogP contribution in [-0.4, -0.2) is 80.3 Å². The van der Waals surface area contributed by atoms with Crippen LogP contribution in [0, 0.1) is 0 Å². The number of benzene rings is 1. The van der Waals surface area contributed by atoms with E-state index >= 15 is 0 Å². The lowest BCUT2D eigenvalue weighted by molar-refractivity contribution is -0.344. The van der Waals surface area contributed by atoms with Gasteiger partial charge in [-0.1, -0.05) is 30.3 Å². The Labute approximate surface area is 167 Å². The van der Waals surface area contributed by atoms with Gasteiger partial charge in [0.05, 0.1) is 0 Å². The molecule has 0 saturated carbocycles. The van der Waals surface area contributed by atoms with Gasteiger partial charge in [0.1, 0.15) is 5.97 Å². The third kappa shape index (κ3) is 11.3. The number of aliphatic carboxylic acids is 1. The first-order valence-electron chi connectivity index (χ1n) is 9.15. The van der Waals surface area contributed by atoms with Crippen LogP contribution in [0.15, 0.2) is 30.3 Å². The number of nitrogens with zero attached hydrogens (tertiary/aromatic N) is 2. The summed E-state index contributed by atoms with van der Waals surface area (Å²) >= 11 is 0. The molecular weight excluding hydrogens is 391 g/mol. The van der Waals surface area contributed by atoms with E-state index in [4.69, 9.17) is 15.6 Å². The second-order valence-electron chi connectivity index (χ2n) is 6.32. The molecule has 164 valence electrons. The van der Waals surface area contributed by atoms with Gasteiger partial charge in [-0.25, -0.2) is 4.79 Å². The summed E-state index contributed by atoms with van der Waals surface area (Å²) in [5.74, 6) is -3.01. The van der Waals surface area contributed by atoms with Crippen molar-refractivity contribution in [3.8, 4) is 0 Å². The molecule has 1 fully saturated rings. The third-order valence-electron chi connectivity index (χ3n) is 4.07. The summed E-state index contributed by atoms with van der Waals surface area (Å²) in [4.78, 5) is 25.0. The Balaban J connectivity index is 0.000000516. The van der Waals surface area contributed by atoms with E-state index in [-0.39, 0.29) is 12.6 Å². The maximum Gasteiger partial charge on any atom is 0.430 e. The van der Waals surface area contributed by atoms with Crippen LogP contribution in [0.4, 0.5) is 18.0 Å². The zero-order valence-corrected chi connectivity index (χ0v) is 16.0. The summed E-state index contributed by atoms with van der Waals surface area (Å²) in [6.45, 7) is 7.41. The molecule has 1 aliphatic rings. The molecule has 0 atom stereocenters. The van der Waals surface area contributed by atoms with E-state index in [2.05, 4.69) is 50.8 Å². The molecule has 29 heavy (non-hydrogen) atoms. The predicted octanol–water partition coefficient (Wildman–Crippen LogP) is 0.454. The number of urea groups is 1. The molecule has 0 aliphatic carbocycles. The van der Waals surface area contributed by atoms with Gasteiger partial charge in [0.15, 0.2) is 0 Å². The van der Waals surface area contributed by atoms with Crippen molar-refractivity contribution in [3.05, 3.63) is 41.6 Å². The van der Waals surface area contributed by atoms with Gasteiger partial charge in [0.2, 0.25) is 0 Å². The number of carboxylic acid groups (broad SMARTS) is 1. The lowest BCUT2D eigenvalue weighted by Crippen LogP contribution is -2.48. The van der Waals surface area contributed by atoms with E-state index in [9.17, 15) is 18.0 Å². The Bertz CT molecular complexity index is 609. The maximum atomic E-state index is 11.4. The first-order valence-corrected chi connectivity index (χ1v) is 9.15. The van der Waals surface area contributed by atoms with Crippen LogP contribution in [0.1, 0.15) is 5.56 Å². The average Bonchev–Trinajstić information content (AvgIpc) is 2.68. The van der Waals surface area contributed by atoms with Crippen LogP contribution >= 0.6 is 0 Å². The van der Waals surface area contributed by atoms with Gasteiger partial charge in [0.25, 0.3) is 0 Å². The van der Waals surface area contributed by atoms with Gasteiger partial charge in [-0.05, 0) is 5.56 Å².